The van der Waals surface area contributed by atoms with E-state index in [1.54, 1.807) is 26.2 Å². The van der Waals surface area contributed by atoms with Crippen LogP contribution in [0.1, 0.15) is 23.7 Å². The molecule has 0 bridgehead atoms. The number of oxime groups is 1. The van der Waals surface area contributed by atoms with Gasteiger partial charge in [0.15, 0.2) is 5.58 Å². The van der Waals surface area contributed by atoms with Gasteiger partial charge in [-0.25, -0.2) is 4.79 Å². The van der Waals surface area contributed by atoms with E-state index in [2.05, 4.69) is 10.3 Å². The number of hydrogen-bond donors (Lipinski definition) is 0. The predicted molar refractivity (Wildman–Crippen MR) is 111 cm³/mol. The molecule has 3 rings (SSSR count). The molecule has 8 nitrogen and oxygen atoms in total. The Balaban J connectivity index is 1.80. The molecule has 8 heteroatoms. The van der Waals surface area contributed by atoms with Crippen LogP contribution in [0.5, 0.6) is 5.75 Å². The fraction of sp³-hybridized carbons (Fsp3) is 0.227. The first kappa shape index (κ1) is 20.9. The number of benzene rings is 2. The van der Waals surface area contributed by atoms with Crippen molar-refractivity contribution in [3.63, 3.8) is 0 Å². The molecule has 0 atom stereocenters. The number of esters is 1. The van der Waals surface area contributed by atoms with Crippen molar-refractivity contribution in [2.75, 3.05) is 21.3 Å². The van der Waals surface area contributed by atoms with Crippen molar-refractivity contribution in [2.45, 2.75) is 13.5 Å². The van der Waals surface area contributed by atoms with Gasteiger partial charge in [-0.1, -0.05) is 34.6 Å². The van der Waals surface area contributed by atoms with Gasteiger partial charge in [-0.3, -0.25) is 0 Å². The summed E-state index contributed by atoms with van der Waals surface area (Å²) in [6.07, 6.45) is 1.34. The molecule has 0 radical (unpaired) electrons. The third-order valence-electron chi connectivity index (χ3n) is 4.39. The molecule has 3 aromatic rings. The molecule has 30 heavy (non-hydrogen) atoms. The highest BCUT2D eigenvalue weighted by molar-refractivity contribution is 6.16. The van der Waals surface area contributed by atoms with Crippen LogP contribution < -0.4 is 4.74 Å². The zero-order valence-corrected chi connectivity index (χ0v) is 17.2. The molecule has 0 amide bonds. The lowest BCUT2D eigenvalue weighted by atomic mass is 10.0. The van der Waals surface area contributed by atoms with E-state index in [1.165, 1.54) is 20.5 Å². The first-order chi connectivity index (χ1) is 14.6. The summed E-state index contributed by atoms with van der Waals surface area (Å²) in [5, 5.41) is 9.04. The molecule has 0 saturated heterocycles. The normalized spacial score (nSPS) is 12.0. The van der Waals surface area contributed by atoms with Gasteiger partial charge >= 0.3 is 5.97 Å². The third-order valence-corrected chi connectivity index (χ3v) is 4.39. The Bertz CT molecular complexity index is 1100. The molecule has 0 spiro atoms. The van der Waals surface area contributed by atoms with Crippen LogP contribution in [0.2, 0.25) is 0 Å². The van der Waals surface area contributed by atoms with E-state index in [1.807, 2.05) is 30.3 Å². The molecule has 0 aliphatic carbocycles. The van der Waals surface area contributed by atoms with Gasteiger partial charge < -0.3 is 23.6 Å². The lowest BCUT2D eigenvalue weighted by molar-refractivity contribution is -0.133. The smallest absolute Gasteiger partial charge is 0.341 e. The third kappa shape index (κ3) is 4.43. The predicted octanol–water partition coefficient (Wildman–Crippen LogP) is 3.94. The molecule has 1 aromatic heterocycles. The average Bonchev–Trinajstić information content (AvgIpc) is 3.20. The first-order valence-corrected chi connectivity index (χ1v) is 9.09. The van der Waals surface area contributed by atoms with Gasteiger partial charge in [0, 0.05) is 11.6 Å². The molecule has 0 aliphatic heterocycles. The Hall–Kier alpha value is -3.81. The van der Waals surface area contributed by atoms with Crippen molar-refractivity contribution in [2.24, 2.45) is 5.16 Å². The second kappa shape index (κ2) is 9.60. The minimum Gasteiger partial charge on any atom is -0.503 e. The quantitative estimate of drug-likeness (QED) is 0.183. The molecule has 2 aromatic carbocycles. The minimum atomic E-state index is -0.506. The van der Waals surface area contributed by atoms with E-state index in [0.29, 0.717) is 28.3 Å². The highest BCUT2D eigenvalue weighted by atomic mass is 16.6. The highest BCUT2D eigenvalue weighted by Crippen LogP contribution is 2.25. The summed E-state index contributed by atoms with van der Waals surface area (Å²) in [4.78, 5) is 17.6. The molecule has 0 unspecified atom stereocenters. The van der Waals surface area contributed by atoms with Crippen molar-refractivity contribution in [1.82, 2.24) is 5.16 Å². The summed E-state index contributed by atoms with van der Waals surface area (Å²) >= 11 is 0. The maximum absolute atomic E-state index is 12.1. The van der Waals surface area contributed by atoms with Crippen LogP contribution in [-0.4, -0.2) is 38.2 Å². The summed E-state index contributed by atoms with van der Waals surface area (Å²) in [6, 6.07) is 12.7. The van der Waals surface area contributed by atoms with Crippen molar-refractivity contribution in [3.8, 4) is 5.75 Å². The summed E-state index contributed by atoms with van der Waals surface area (Å²) in [7, 11) is 4.37. The Morgan fingerprint density at radius 3 is 2.70 bits per heavy atom. The van der Waals surface area contributed by atoms with Crippen LogP contribution >= 0.6 is 0 Å². The van der Waals surface area contributed by atoms with Crippen molar-refractivity contribution in [1.29, 1.82) is 0 Å². The Morgan fingerprint density at radius 1 is 1.17 bits per heavy atom. The Labute approximate surface area is 173 Å². The van der Waals surface area contributed by atoms with Gasteiger partial charge in [-0.15, -0.1) is 0 Å². The average molecular weight is 410 g/mol. The van der Waals surface area contributed by atoms with Gasteiger partial charge in [0.2, 0.25) is 0 Å². The van der Waals surface area contributed by atoms with Crippen LogP contribution in [-0.2, 0) is 25.7 Å². The Morgan fingerprint density at radius 2 is 1.97 bits per heavy atom. The SMILES string of the molecule is CO/C=C(/C(=O)OC)c1ccccc1CO/N=C(/C)c1noc2cc(OC)ccc12. The Kier molecular flexibility index (Phi) is 6.69. The standard InChI is InChI=1S/C22H22N2O6/c1-14(21-18-10-9-16(27-3)11-20(18)30-24-21)23-29-12-15-7-5-6-8-17(15)19(13-26-2)22(25)28-4/h5-11,13H,12H2,1-4H3/b19-13+,23-14-. The fourth-order valence-electron chi connectivity index (χ4n) is 2.91. The molecule has 1 heterocycles. The van der Waals surface area contributed by atoms with Crippen LogP contribution in [0, 0.1) is 0 Å². The topological polar surface area (TPSA) is 92.4 Å². The van der Waals surface area contributed by atoms with E-state index in [4.69, 9.17) is 23.6 Å². The number of carbonyl (C=O) groups excluding carboxylic acids is 1. The number of carbonyl (C=O) groups is 1. The largest absolute Gasteiger partial charge is 0.503 e. The van der Waals surface area contributed by atoms with Crippen LogP contribution in [0.15, 0.2) is 58.4 Å². The molecule has 156 valence electrons. The van der Waals surface area contributed by atoms with E-state index < -0.39 is 5.97 Å². The molecular formula is C22H22N2O6. The zero-order valence-electron chi connectivity index (χ0n) is 17.2. The van der Waals surface area contributed by atoms with Gasteiger partial charge in [0.05, 0.1) is 33.0 Å². The van der Waals surface area contributed by atoms with Crippen LogP contribution in [0.3, 0.4) is 0 Å². The molecule has 0 saturated carbocycles. The summed E-state index contributed by atoms with van der Waals surface area (Å²) in [5.41, 5.74) is 3.40. The van der Waals surface area contributed by atoms with Crippen molar-refractivity contribution in [3.05, 3.63) is 65.5 Å². The van der Waals surface area contributed by atoms with Crippen LogP contribution in [0.25, 0.3) is 16.5 Å². The van der Waals surface area contributed by atoms with Gasteiger partial charge in [0.1, 0.15) is 29.3 Å². The van der Waals surface area contributed by atoms with Gasteiger partial charge in [-0.05, 0) is 24.6 Å². The van der Waals surface area contributed by atoms with Gasteiger partial charge in [0.25, 0.3) is 0 Å². The van der Waals surface area contributed by atoms with E-state index >= 15 is 0 Å². The number of methoxy groups -OCH3 is 3. The van der Waals surface area contributed by atoms with Crippen molar-refractivity contribution < 1.29 is 28.4 Å². The lowest BCUT2D eigenvalue weighted by Crippen LogP contribution is -2.07. The number of nitrogens with zero attached hydrogens (tertiary/aromatic N) is 2. The molecule has 0 N–H and O–H groups in total. The summed E-state index contributed by atoms with van der Waals surface area (Å²) in [5.74, 6) is 0.173. The molecule has 0 aliphatic rings. The maximum atomic E-state index is 12.1. The monoisotopic (exact) mass is 410 g/mol. The van der Waals surface area contributed by atoms with E-state index in [0.717, 1.165) is 10.9 Å². The van der Waals surface area contributed by atoms with Crippen LogP contribution in [0.4, 0.5) is 0 Å². The second-order valence-corrected chi connectivity index (χ2v) is 6.26. The first-order valence-electron chi connectivity index (χ1n) is 9.09. The molecule has 0 fully saturated rings. The highest BCUT2D eigenvalue weighted by Gasteiger charge is 2.17. The summed E-state index contributed by atoms with van der Waals surface area (Å²) < 4.78 is 20.4. The van der Waals surface area contributed by atoms with E-state index in [-0.39, 0.29) is 12.2 Å². The molecular weight excluding hydrogens is 388 g/mol. The lowest BCUT2D eigenvalue weighted by Gasteiger charge is -2.11. The van der Waals surface area contributed by atoms with Gasteiger partial charge in [-0.2, -0.15) is 0 Å². The summed E-state index contributed by atoms with van der Waals surface area (Å²) in [6.45, 7) is 1.91. The second-order valence-electron chi connectivity index (χ2n) is 6.26. The number of fused-ring (bicyclic) bond motifs is 1. The van der Waals surface area contributed by atoms with Crippen molar-refractivity contribution >= 4 is 28.2 Å². The number of aromatic nitrogens is 1. The minimum absolute atomic E-state index is 0.134. The number of rotatable bonds is 8. The fourth-order valence-corrected chi connectivity index (χ4v) is 2.91. The number of hydrogen-bond acceptors (Lipinski definition) is 8. The zero-order chi connectivity index (χ0) is 21.5. The maximum Gasteiger partial charge on any atom is 0.341 e. The number of ether oxygens (including phenoxy) is 3. The van der Waals surface area contributed by atoms with E-state index in [9.17, 15) is 4.79 Å².